The second-order valence-corrected chi connectivity index (χ2v) is 8.13. The fourth-order valence-electron chi connectivity index (χ4n) is 2.76. The fourth-order valence-corrected chi connectivity index (χ4v) is 3.80. The van der Waals surface area contributed by atoms with Gasteiger partial charge in [0.05, 0.1) is 36.6 Å². The summed E-state index contributed by atoms with van der Waals surface area (Å²) in [7, 11) is -1.15. The molecule has 2 N–H and O–H groups in total. The molecule has 0 radical (unpaired) electrons. The molecule has 0 saturated heterocycles. The number of nitrogens with one attached hydrogen (secondary N) is 2. The molecule has 0 aliphatic heterocycles. The summed E-state index contributed by atoms with van der Waals surface area (Å²) in [4.78, 5) is 16.4. The molecule has 0 bridgehead atoms. The van der Waals surface area contributed by atoms with Gasteiger partial charge in [-0.3, -0.25) is 14.5 Å². The molecule has 3 rings (SSSR count). The molecule has 0 atom stereocenters. The summed E-state index contributed by atoms with van der Waals surface area (Å²) in [5.41, 5.74) is 0.769. The number of pyridine rings is 1. The second-order valence-electron chi connectivity index (χ2n) is 6.45. The van der Waals surface area contributed by atoms with Crippen LogP contribution in [-0.4, -0.2) is 33.5 Å². The first-order valence-corrected chi connectivity index (χ1v) is 10.5. The number of rotatable bonds is 7. The summed E-state index contributed by atoms with van der Waals surface area (Å²) in [6.45, 7) is 1.54. The predicted octanol–water partition coefficient (Wildman–Crippen LogP) is 3.60. The molecule has 1 aromatic heterocycles. The smallest absolute Gasteiger partial charge is 0.262 e. The summed E-state index contributed by atoms with van der Waals surface area (Å²) in [6, 6.07) is 9.80. The van der Waals surface area contributed by atoms with Crippen LogP contribution in [0.2, 0.25) is 0 Å². The maximum atomic E-state index is 13.7. The number of sulfonamides is 1. The first kappa shape index (κ1) is 22.0. The van der Waals surface area contributed by atoms with E-state index in [1.165, 1.54) is 69.9 Å². The number of nitrogens with zero attached hydrogens (tertiary/aromatic N) is 1. The molecule has 1 heterocycles. The molecule has 2 aromatic carbocycles. The van der Waals surface area contributed by atoms with E-state index in [-0.39, 0.29) is 27.5 Å². The van der Waals surface area contributed by atoms with Crippen LogP contribution in [0.25, 0.3) is 0 Å². The van der Waals surface area contributed by atoms with Gasteiger partial charge in [0.25, 0.3) is 15.9 Å². The highest BCUT2D eigenvalue weighted by Crippen LogP contribution is 2.30. The molecule has 0 unspecified atom stereocenters. The van der Waals surface area contributed by atoms with Crippen molar-refractivity contribution in [2.24, 2.45) is 0 Å². The number of methoxy groups -OCH3 is 2. The lowest BCUT2D eigenvalue weighted by atomic mass is 10.1. The third-order valence-corrected chi connectivity index (χ3v) is 5.81. The summed E-state index contributed by atoms with van der Waals surface area (Å²) in [5, 5.41) is 2.59. The maximum Gasteiger partial charge on any atom is 0.262 e. The van der Waals surface area contributed by atoms with Gasteiger partial charge in [0.15, 0.2) is 11.5 Å². The molecule has 0 aliphatic rings. The molecular weight excluding hydrogens is 425 g/mol. The number of hydrogen-bond acceptors (Lipinski definition) is 6. The average molecular weight is 445 g/mol. The van der Waals surface area contributed by atoms with Gasteiger partial charge in [0, 0.05) is 23.5 Å². The highest BCUT2D eigenvalue weighted by atomic mass is 32.2. The van der Waals surface area contributed by atoms with Gasteiger partial charge in [-0.25, -0.2) is 12.8 Å². The predicted molar refractivity (Wildman–Crippen MR) is 114 cm³/mol. The number of benzene rings is 2. The van der Waals surface area contributed by atoms with Crippen LogP contribution >= 0.6 is 0 Å². The number of carbonyl (C=O) groups excluding carboxylic acids is 1. The fraction of sp³-hybridized carbons (Fsp3) is 0.143. The lowest BCUT2D eigenvalue weighted by Gasteiger charge is -2.12. The Bertz CT molecular complexity index is 1230. The SMILES string of the molecule is COc1ccc(S(=O)(=O)Nc2cncc(C(=O)Nc3cccc(F)c3C)c2)cc1OC. The van der Waals surface area contributed by atoms with Crippen LogP contribution in [0.5, 0.6) is 11.5 Å². The minimum atomic E-state index is -3.99. The quantitative estimate of drug-likeness (QED) is 0.576. The van der Waals surface area contributed by atoms with Crippen LogP contribution in [0, 0.1) is 12.7 Å². The van der Waals surface area contributed by atoms with Crippen LogP contribution in [0.15, 0.2) is 59.8 Å². The minimum Gasteiger partial charge on any atom is -0.493 e. The monoisotopic (exact) mass is 445 g/mol. The molecule has 3 aromatic rings. The Balaban J connectivity index is 1.83. The number of hydrogen-bond donors (Lipinski definition) is 2. The maximum absolute atomic E-state index is 13.7. The third-order valence-electron chi connectivity index (χ3n) is 4.43. The van der Waals surface area contributed by atoms with Gasteiger partial charge in [-0.1, -0.05) is 6.07 Å². The van der Waals surface area contributed by atoms with Crippen LogP contribution in [0.4, 0.5) is 15.8 Å². The van der Waals surface area contributed by atoms with Crippen LogP contribution in [-0.2, 0) is 10.0 Å². The van der Waals surface area contributed by atoms with E-state index in [9.17, 15) is 17.6 Å². The Morgan fingerprint density at radius 3 is 2.48 bits per heavy atom. The molecule has 31 heavy (non-hydrogen) atoms. The summed E-state index contributed by atoms with van der Waals surface area (Å²) in [5.74, 6) is -0.378. The van der Waals surface area contributed by atoms with Crippen molar-refractivity contribution in [3.8, 4) is 11.5 Å². The van der Waals surface area contributed by atoms with E-state index in [2.05, 4.69) is 15.0 Å². The van der Waals surface area contributed by atoms with E-state index < -0.39 is 21.7 Å². The summed E-state index contributed by atoms with van der Waals surface area (Å²) in [6.07, 6.45) is 2.54. The van der Waals surface area contributed by atoms with Crippen LogP contribution in [0.1, 0.15) is 15.9 Å². The average Bonchev–Trinajstić information content (AvgIpc) is 2.76. The van der Waals surface area contributed by atoms with E-state index in [0.29, 0.717) is 11.4 Å². The molecule has 0 saturated carbocycles. The van der Waals surface area contributed by atoms with Crippen molar-refractivity contribution in [3.63, 3.8) is 0 Å². The van der Waals surface area contributed by atoms with E-state index >= 15 is 0 Å². The van der Waals surface area contributed by atoms with E-state index in [4.69, 9.17) is 9.47 Å². The summed E-state index contributed by atoms with van der Waals surface area (Å²) < 4.78 is 51.8. The number of anilines is 2. The van der Waals surface area contributed by atoms with E-state index in [1.807, 2.05) is 0 Å². The molecule has 0 fully saturated rings. The number of aromatic nitrogens is 1. The van der Waals surface area contributed by atoms with Crippen molar-refractivity contribution < 1.29 is 27.1 Å². The van der Waals surface area contributed by atoms with Gasteiger partial charge in [-0.05, 0) is 37.3 Å². The highest BCUT2D eigenvalue weighted by molar-refractivity contribution is 7.92. The van der Waals surface area contributed by atoms with Gasteiger partial charge in [-0.2, -0.15) is 0 Å². The standard InChI is InChI=1S/C21H20FN3O5S/c1-13-17(22)5-4-6-18(13)24-21(26)14-9-15(12-23-11-14)25-31(27,28)16-7-8-19(29-2)20(10-16)30-3/h4-12,25H,1-3H3,(H,24,26). The van der Waals surface area contributed by atoms with Crippen molar-refractivity contribution in [1.29, 1.82) is 0 Å². The highest BCUT2D eigenvalue weighted by Gasteiger charge is 2.18. The molecule has 0 spiro atoms. The zero-order valence-electron chi connectivity index (χ0n) is 17.0. The van der Waals surface area contributed by atoms with Gasteiger partial charge in [-0.15, -0.1) is 0 Å². The lowest BCUT2D eigenvalue weighted by molar-refractivity contribution is 0.102. The zero-order valence-corrected chi connectivity index (χ0v) is 17.8. The third kappa shape index (κ3) is 4.92. The van der Waals surface area contributed by atoms with Crippen LogP contribution < -0.4 is 19.5 Å². The van der Waals surface area contributed by atoms with Crippen molar-refractivity contribution in [2.75, 3.05) is 24.3 Å². The molecule has 0 aliphatic carbocycles. The van der Waals surface area contributed by atoms with E-state index in [0.717, 1.165) is 0 Å². The Hall–Kier alpha value is -3.66. The molecule has 8 nitrogen and oxygen atoms in total. The Morgan fingerprint density at radius 1 is 1.03 bits per heavy atom. The normalized spacial score (nSPS) is 11.0. The first-order valence-electron chi connectivity index (χ1n) is 9.01. The molecular formula is C21H20FN3O5S. The second kappa shape index (κ2) is 9.00. The van der Waals surface area contributed by atoms with Crippen molar-refractivity contribution >= 4 is 27.3 Å². The van der Waals surface area contributed by atoms with Gasteiger partial charge in [0.1, 0.15) is 5.82 Å². The largest absolute Gasteiger partial charge is 0.493 e. The van der Waals surface area contributed by atoms with E-state index in [1.54, 1.807) is 6.07 Å². The lowest BCUT2D eigenvalue weighted by Crippen LogP contribution is -2.16. The Labute approximate surface area is 179 Å². The molecule has 10 heteroatoms. The first-order chi connectivity index (χ1) is 14.7. The molecule has 1 amide bonds. The van der Waals surface area contributed by atoms with Gasteiger partial charge >= 0.3 is 0 Å². The van der Waals surface area contributed by atoms with Gasteiger partial charge in [0.2, 0.25) is 0 Å². The molecule has 162 valence electrons. The van der Waals surface area contributed by atoms with Crippen molar-refractivity contribution in [2.45, 2.75) is 11.8 Å². The minimum absolute atomic E-state index is 0.0598. The Morgan fingerprint density at radius 2 is 1.77 bits per heavy atom. The van der Waals surface area contributed by atoms with Gasteiger partial charge < -0.3 is 14.8 Å². The van der Waals surface area contributed by atoms with Crippen LogP contribution in [0.3, 0.4) is 0 Å². The number of ether oxygens (including phenoxy) is 2. The van der Waals surface area contributed by atoms with Crippen molar-refractivity contribution in [1.82, 2.24) is 4.98 Å². The Kier molecular flexibility index (Phi) is 6.40. The number of halogens is 1. The number of amides is 1. The van der Waals surface area contributed by atoms with Crippen molar-refractivity contribution in [3.05, 3.63) is 71.8 Å². The summed E-state index contributed by atoms with van der Waals surface area (Å²) >= 11 is 0. The zero-order chi connectivity index (χ0) is 22.6. The topological polar surface area (TPSA) is 107 Å². The number of carbonyl (C=O) groups is 1.